The number of thioether (sulfide) groups is 1. The Morgan fingerprint density at radius 2 is 1.93 bits per heavy atom. The number of benzene rings is 1. The monoisotopic (exact) mass is 431 g/mol. The third-order valence-electron chi connectivity index (χ3n) is 5.04. The minimum atomic E-state index is -0.588. The number of amides is 2. The van der Waals surface area contributed by atoms with Gasteiger partial charge in [-0.2, -0.15) is 11.8 Å². The lowest BCUT2D eigenvalue weighted by Gasteiger charge is -2.26. The number of carbonyl (C=O) groups excluding carboxylic acids is 2. The van der Waals surface area contributed by atoms with Gasteiger partial charge in [0.25, 0.3) is 5.91 Å². The van der Waals surface area contributed by atoms with Crippen LogP contribution >= 0.6 is 23.1 Å². The van der Waals surface area contributed by atoms with Crippen molar-refractivity contribution in [3.05, 3.63) is 51.7 Å². The third-order valence-corrected chi connectivity index (χ3v) is 6.85. The van der Waals surface area contributed by atoms with Crippen molar-refractivity contribution in [3.8, 4) is 0 Å². The van der Waals surface area contributed by atoms with Crippen molar-refractivity contribution in [1.82, 2.24) is 10.2 Å². The molecule has 1 aromatic carbocycles. The summed E-state index contributed by atoms with van der Waals surface area (Å²) in [5, 5.41) is 7.73. The zero-order valence-electron chi connectivity index (χ0n) is 17.2. The lowest BCUT2D eigenvalue weighted by molar-refractivity contribution is -0.118. The van der Waals surface area contributed by atoms with E-state index >= 15 is 0 Å². The van der Waals surface area contributed by atoms with Crippen LogP contribution in [0.2, 0.25) is 0 Å². The Hall–Kier alpha value is -1.83. The van der Waals surface area contributed by atoms with Crippen LogP contribution in [0, 0.1) is 12.8 Å². The van der Waals surface area contributed by atoms with Gasteiger partial charge in [0.1, 0.15) is 6.04 Å². The number of hydrogen-bond acceptors (Lipinski definition) is 5. The van der Waals surface area contributed by atoms with E-state index in [1.165, 1.54) is 28.4 Å². The highest BCUT2D eigenvalue weighted by molar-refractivity contribution is 7.99. The molecule has 1 atom stereocenters. The number of nitrogens with one attached hydrogen (secondary N) is 2. The van der Waals surface area contributed by atoms with E-state index in [-0.39, 0.29) is 17.7 Å². The number of nitrogens with zero attached hydrogens (tertiary/aromatic N) is 1. The molecule has 0 saturated carbocycles. The van der Waals surface area contributed by atoms with Gasteiger partial charge in [0, 0.05) is 36.8 Å². The van der Waals surface area contributed by atoms with Crippen LogP contribution in [0.5, 0.6) is 0 Å². The molecule has 1 aliphatic rings. The lowest BCUT2D eigenvalue weighted by atomic mass is 10.0. The minimum Gasteiger partial charge on any atom is -0.339 e. The van der Waals surface area contributed by atoms with Gasteiger partial charge in [-0.1, -0.05) is 32.0 Å². The van der Waals surface area contributed by atoms with Crippen molar-refractivity contribution < 1.29 is 9.59 Å². The second-order valence-electron chi connectivity index (χ2n) is 7.70. The second-order valence-corrected chi connectivity index (χ2v) is 9.87. The van der Waals surface area contributed by atoms with Gasteiger partial charge in [0.05, 0.1) is 4.88 Å². The van der Waals surface area contributed by atoms with E-state index in [0.717, 1.165) is 30.9 Å². The first-order valence-corrected chi connectivity index (χ1v) is 12.0. The van der Waals surface area contributed by atoms with Crippen molar-refractivity contribution in [3.63, 3.8) is 0 Å². The summed E-state index contributed by atoms with van der Waals surface area (Å²) >= 11 is 3.38. The van der Waals surface area contributed by atoms with E-state index in [1.54, 1.807) is 6.07 Å². The molecule has 2 amide bonds. The number of thiophene rings is 1. The molecule has 2 heterocycles. The molecule has 2 aromatic rings. The third kappa shape index (κ3) is 6.07. The van der Waals surface area contributed by atoms with E-state index in [2.05, 4.69) is 27.7 Å². The van der Waals surface area contributed by atoms with E-state index in [4.69, 9.17) is 0 Å². The van der Waals surface area contributed by atoms with Crippen LogP contribution in [-0.2, 0) is 11.3 Å². The van der Waals surface area contributed by atoms with Gasteiger partial charge < -0.3 is 10.6 Å². The van der Waals surface area contributed by atoms with E-state index in [1.807, 2.05) is 50.0 Å². The molecule has 3 rings (SSSR count). The fourth-order valence-electron chi connectivity index (χ4n) is 3.35. The predicted molar refractivity (Wildman–Crippen MR) is 123 cm³/mol. The van der Waals surface area contributed by atoms with Crippen LogP contribution < -0.4 is 10.6 Å². The highest BCUT2D eigenvalue weighted by Gasteiger charge is 2.25. The maximum absolute atomic E-state index is 12.9. The Bertz CT molecular complexity index is 831. The van der Waals surface area contributed by atoms with Crippen LogP contribution in [0.4, 0.5) is 5.69 Å². The van der Waals surface area contributed by atoms with Gasteiger partial charge in [0.15, 0.2) is 0 Å². The zero-order valence-corrected chi connectivity index (χ0v) is 18.9. The molecule has 156 valence electrons. The zero-order chi connectivity index (χ0) is 20.8. The van der Waals surface area contributed by atoms with Crippen molar-refractivity contribution >= 4 is 40.6 Å². The minimum absolute atomic E-state index is 0.0181. The summed E-state index contributed by atoms with van der Waals surface area (Å²) in [6.07, 6.45) is 0. The molecule has 0 radical (unpaired) electrons. The first-order chi connectivity index (χ1) is 13.9. The van der Waals surface area contributed by atoms with Crippen LogP contribution in [0.3, 0.4) is 0 Å². The Kier molecular flexibility index (Phi) is 7.75. The van der Waals surface area contributed by atoms with E-state index in [9.17, 15) is 9.59 Å². The van der Waals surface area contributed by atoms with Crippen molar-refractivity contribution in [1.29, 1.82) is 0 Å². The van der Waals surface area contributed by atoms with E-state index in [0.29, 0.717) is 4.88 Å². The summed E-state index contributed by atoms with van der Waals surface area (Å²) < 4.78 is 0. The first-order valence-electron chi connectivity index (χ1n) is 9.99. The van der Waals surface area contributed by atoms with Gasteiger partial charge in [0.2, 0.25) is 5.91 Å². The molecule has 7 heteroatoms. The number of aryl methyl sites for hydroxylation is 1. The Morgan fingerprint density at radius 1 is 1.17 bits per heavy atom. The number of carbonyl (C=O) groups is 2. The highest BCUT2D eigenvalue weighted by atomic mass is 32.2. The maximum Gasteiger partial charge on any atom is 0.262 e. The standard InChI is InChI=1S/C22H29N3O2S2/c1-15(2)20(24-21(26)19-5-4-10-29-19)22(27)23-18-7-6-17(13-16(18)3)14-25-8-11-28-12-9-25/h4-7,10,13,15,20H,8-9,11-12,14H2,1-3H3,(H,23,27)(H,24,26). The van der Waals surface area contributed by atoms with Crippen molar-refractivity contribution in [2.45, 2.75) is 33.4 Å². The SMILES string of the molecule is Cc1cc(CN2CCSCC2)ccc1NC(=O)C(NC(=O)c1cccs1)C(C)C. The predicted octanol–water partition coefficient (Wildman–Crippen LogP) is 4.00. The molecular formula is C22H29N3O2S2. The Morgan fingerprint density at radius 3 is 2.55 bits per heavy atom. The van der Waals surface area contributed by atoms with Crippen molar-refractivity contribution in [2.75, 3.05) is 29.9 Å². The molecular weight excluding hydrogens is 402 g/mol. The summed E-state index contributed by atoms with van der Waals surface area (Å²) in [5.41, 5.74) is 3.09. The fraction of sp³-hybridized carbons (Fsp3) is 0.455. The number of anilines is 1. The van der Waals surface area contributed by atoms with Crippen LogP contribution in [0.1, 0.15) is 34.6 Å². The summed E-state index contributed by atoms with van der Waals surface area (Å²) in [6, 6.07) is 9.20. The van der Waals surface area contributed by atoms with Crippen LogP contribution in [0.25, 0.3) is 0 Å². The van der Waals surface area contributed by atoms with Crippen LogP contribution in [-0.4, -0.2) is 47.4 Å². The van der Waals surface area contributed by atoms with E-state index < -0.39 is 6.04 Å². The molecule has 0 aliphatic carbocycles. The average molecular weight is 432 g/mol. The summed E-state index contributed by atoms with van der Waals surface area (Å²) in [7, 11) is 0. The second kappa shape index (κ2) is 10.3. The molecule has 1 unspecified atom stereocenters. The molecule has 0 bridgehead atoms. The quantitative estimate of drug-likeness (QED) is 0.696. The van der Waals surface area contributed by atoms with Gasteiger partial charge in [-0.15, -0.1) is 11.3 Å². The van der Waals surface area contributed by atoms with Gasteiger partial charge in [-0.05, 0) is 41.5 Å². The van der Waals surface area contributed by atoms with Gasteiger partial charge in [-0.25, -0.2) is 0 Å². The molecule has 1 saturated heterocycles. The topological polar surface area (TPSA) is 61.4 Å². The normalized spacial score (nSPS) is 15.9. The molecule has 1 aromatic heterocycles. The Labute approximate surface area is 181 Å². The fourth-order valence-corrected chi connectivity index (χ4v) is 4.95. The molecule has 0 spiro atoms. The molecule has 29 heavy (non-hydrogen) atoms. The smallest absolute Gasteiger partial charge is 0.262 e. The highest BCUT2D eigenvalue weighted by Crippen LogP contribution is 2.20. The summed E-state index contributed by atoms with van der Waals surface area (Å²) in [6.45, 7) is 9.09. The van der Waals surface area contributed by atoms with Crippen LogP contribution in [0.15, 0.2) is 35.7 Å². The number of hydrogen-bond donors (Lipinski definition) is 2. The van der Waals surface area contributed by atoms with Crippen molar-refractivity contribution in [2.24, 2.45) is 5.92 Å². The number of rotatable bonds is 7. The average Bonchev–Trinajstić information content (AvgIpc) is 3.23. The maximum atomic E-state index is 12.9. The summed E-state index contributed by atoms with van der Waals surface area (Å²) in [4.78, 5) is 28.4. The molecule has 1 aliphatic heterocycles. The summed E-state index contributed by atoms with van der Waals surface area (Å²) in [5.74, 6) is 1.98. The molecule has 2 N–H and O–H groups in total. The largest absolute Gasteiger partial charge is 0.339 e. The van der Waals surface area contributed by atoms with Gasteiger partial charge in [-0.3, -0.25) is 14.5 Å². The molecule has 5 nitrogen and oxygen atoms in total. The Balaban J connectivity index is 1.63. The molecule has 1 fully saturated rings. The van der Waals surface area contributed by atoms with Gasteiger partial charge >= 0.3 is 0 Å². The first kappa shape index (κ1) is 21.9. The lowest BCUT2D eigenvalue weighted by Crippen LogP contribution is -2.47.